The first-order valence-corrected chi connectivity index (χ1v) is 6.22. The Morgan fingerprint density at radius 2 is 2.00 bits per heavy atom. The lowest BCUT2D eigenvalue weighted by Crippen LogP contribution is -2.23. The molecule has 0 saturated carbocycles. The first-order chi connectivity index (χ1) is 7.36. The third kappa shape index (κ3) is 6.37. The van der Waals surface area contributed by atoms with Crippen molar-refractivity contribution in [3.05, 3.63) is 35.9 Å². The van der Waals surface area contributed by atoms with Crippen LogP contribution in [0, 0.1) is 0 Å². The maximum atomic E-state index is 4.18. The molecule has 0 aliphatic rings. The standard InChI is InChI=1S/C12H18N2S.HI/c1-3-15-12(13-2)14-10-9-11-7-5-4-6-8-11;/h4-8H,3,9-10H2,1-2H3,(H,13,14);1H. The lowest BCUT2D eigenvalue weighted by Gasteiger charge is -2.07. The number of halogens is 1. The van der Waals surface area contributed by atoms with Gasteiger partial charge in [0.05, 0.1) is 0 Å². The molecule has 90 valence electrons. The van der Waals surface area contributed by atoms with Gasteiger partial charge < -0.3 is 5.32 Å². The lowest BCUT2D eigenvalue weighted by molar-refractivity contribution is 0.873. The first-order valence-electron chi connectivity index (χ1n) is 5.24. The van der Waals surface area contributed by atoms with E-state index in [1.807, 2.05) is 13.1 Å². The number of hydrogen-bond acceptors (Lipinski definition) is 2. The van der Waals surface area contributed by atoms with Crippen LogP contribution >= 0.6 is 35.7 Å². The molecule has 0 amide bonds. The highest BCUT2D eigenvalue weighted by Crippen LogP contribution is 2.01. The molecule has 1 aromatic carbocycles. The van der Waals surface area contributed by atoms with Crippen molar-refractivity contribution in [2.45, 2.75) is 13.3 Å². The minimum Gasteiger partial charge on any atom is -0.365 e. The van der Waals surface area contributed by atoms with E-state index >= 15 is 0 Å². The lowest BCUT2D eigenvalue weighted by atomic mass is 10.2. The number of nitrogens with zero attached hydrogens (tertiary/aromatic N) is 1. The Labute approximate surface area is 119 Å². The largest absolute Gasteiger partial charge is 0.365 e. The molecule has 0 aliphatic carbocycles. The molecule has 0 unspecified atom stereocenters. The van der Waals surface area contributed by atoms with Gasteiger partial charge in [0.15, 0.2) is 5.17 Å². The van der Waals surface area contributed by atoms with Crippen LogP contribution in [0.2, 0.25) is 0 Å². The summed E-state index contributed by atoms with van der Waals surface area (Å²) in [7, 11) is 1.83. The second-order valence-corrected chi connectivity index (χ2v) is 4.38. The zero-order valence-electron chi connectivity index (χ0n) is 9.77. The second kappa shape index (κ2) is 9.96. The van der Waals surface area contributed by atoms with Gasteiger partial charge in [0.1, 0.15) is 0 Å². The third-order valence-electron chi connectivity index (χ3n) is 2.02. The zero-order valence-corrected chi connectivity index (χ0v) is 12.9. The van der Waals surface area contributed by atoms with Crippen LogP contribution in [-0.4, -0.2) is 24.5 Å². The molecular weight excluding hydrogens is 331 g/mol. The Morgan fingerprint density at radius 3 is 2.56 bits per heavy atom. The van der Waals surface area contributed by atoms with Crippen molar-refractivity contribution in [3.8, 4) is 0 Å². The van der Waals surface area contributed by atoms with E-state index in [9.17, 15) is 0 Å². The first kappa shape index (κ1) is 15.8. The molecule has 4 heteroatoms. The number of rotatable bonds is 4. The Bertz CT molecular complexity index is 301. The summed E-state index contributed by atoms with van der Waals surface area (Å²) in [6, 6.07) is 10.5. The van der Waals surface area contributed by atoms with Crippen molar-refractivity contribution in [1.29, 1.82) is 0 Å². The quantitative estimate of drug-likeness (QED) is 0.512. The molecule has 0 spiro atoms. The fraction of sp³-hybridized carbons (Fsp3) is 0.417. The Hall–Kier alpha value is -0.230. The third-order valence-corrected chi connectivity index (χ3v) is 2.91. The van der Waals surface area contributed by atoms with Crippen molar-refractivity contribution < 1.29 is 0 Å². The zero-order chi connectivity index (χ0) is 10.9. The minimum absolute atomic E-state index is 0. The summed E-state index contributed by atoms with van der Waals surface area (Å²) < 4.78 is 0. The molecule has 0 saturated heterocycles. The summed E-state index contributed by atoms with van der Waals surface area (Å²) >= 11 is 1.75. The fourth-order valence-electron chi connectivity index (χ4n) is 1.29. The fourth-order valence-corrected chi connectivity index (χ4v) is 1.90. The summed E-state index contributed by atoms with van der Waals surface area (Å²) in [5.74, 6) is 1.06. The van der Waals surface area contributed by atoms with Crippen LogP contribution in [-0.2, 0) is 6.42 Å². The normalized spacial score (nSPS) is 10.8. The Kier molecular flexibility index (Phi) is 9.82. The number of aliphatic imine (C=N–C) groups is 1. The SMILES string of the molecule is CCSC(=NC)NCCc1ccccc1.I. The number of nitrogens with one attached hydrogen (secondary N) is 1. The van der Waals surface area contributed by atoms with Gasteiger partial charge in [-0.05, 0) is 17.7 Å². The van der Waals surface area contributed by atoms with Gasteiger partial charge >= 0.3 is 0 Å². The maximum Gasteiger partial charge on any atom is 0.156 e. The van der Waals surface area contributed by atoms with Gasteiger partial charge in [0.2, 0.25) is 0 Å². The topological polar surface area (TPSA) is 24.4 Å². The molecule has 0 fully saturated rings. The van der Waals surface area contributed by atoms with Crippen LogP contribution in [0.4, 0.5) is 0 Å². The average molecular weight is 350 g/mol. The average Bonchev–Trinajstić information content (AvgIpc) is 2.29. The van der Waals surface area contributed by atoms with Crippen molar-refractivity contribution in [2.75, 3.05) is 19.3 Å². The van der Waals surface area contributed by atoms with Crippen LogP contribution in [0.25, 0.3) is 0 Å². The molecule has 2 nitrogen and oxygen atoms in total. The highest BCUT2D eigenvalue weighted by Gasteiger charge is 1.96. The molecule has 0 radical (unpaired) electrons. The summed E-state index contributed by atoms with van der Waals surface area (Å²) in [5.41, 5.74) is 1.36. The van der Waals surface area contributed by atoms with E-state index < -0.39 is 0 Å². The van der Waals surface area contributed by atoms with Gasteiger partial charge in [0.25, 0.3) is 0 Å². The number of hydrogen-bond donors (Lipinski definition) is 1. The van der Waals surface area contributed by atoms with Gasteiger partial charge in [-0.15, -0.1) is 24.0 Å². The van der Waals surface area contributed by atoms with Crippen LogP contribution < -0.4 is 5.32 Å². The van der Waals surface area contributed by atoms with Crippen molar-refractivity contribution in [3.63, 3.8) is 0 Å². The van der Waals surface area contributed by atoms with E-state index in [0.717, 1.165) is 23.9 Å². The number of amidine groups is 1. The maximum absolute atomic E-state index is 4.18. The number of thioether (sulfide) groups is 1. The molecule has 1 N–H and O–H groups in total. The van der Waals surface area contributed by atoms with Crippen LogP contribution in [0.5, 0.6) is 0 Å². The van der Waals surface area contributed by atoms with E-state index in [0.29, 0.717) is 0 Å². The molecule has 1 aromatic rings. The molecule has 0 aliphatic heterocycles. The molecule has 0 aromatic heterocycles. The smallest absolute Gasteiger partial charge is 0.156 e. The van der Waals surface area contributed by atoms with E-state index in [4.69, 9.17) is 0 Å². The number of benzene rings is 1. The molecule has 16 heavy (non-hydrogen) atoms. The molecule has 0 atom stereocenters. The van der Waals surface area contributed by atoms with Crippen LogP contribution in [0.3, 0.4) is 0 Å². The highest BCUT2D eigenvalue weighted by molar-refractivity contribution is 14.0. The van der Waals surface area contributed by atoms with Crippen molar-refractivity contribution >= 4 is 40.9 Å². The predicted octanol–water partition coefficient (Wildman–Crippen LogP) is 3.18. The molecule has 1 rings (SSSR count). The second-order valence-electron chi connectivity index (χ2n) is 3.12. The summed E-state index contributed by atoms with van der Waals surface area (Å²) in [6.45, 7) is 3.08. The van der Waals surface area contributed by atoms with Gasteiger partial charge in [-0.2, -0.15) is 0 Å². The van der Waals surface area contributed by atoms with E-state index in [1.165, 1.54) is 5.56 Å². The van der Waals surface area contributed by atoms with Crippen molar-refractivity contribution in [1.82, 2.24) is 5.32 Å². The van der Waals surface area contributed by atoms with Crippen LogP contribution in [0.15, 0.2) is 35.3 Å². The predicted molar refractivity (Wildman–Crippen MR) is 85.1 cm³/mol. The van der Waals surface area contributed by atoms with Gasteiger partial charge in [-0.3, -0.25) is 4.99 Å². The highest BCUT2D eigenvalue weighted by atomic mass is 127. The van der Waals surface area contributed by atoms with Gasteiger partial charge in [0, 0.05) is 13.6 Å². The monoisotopic (exact) mass is 350 g/mol. The summed E-state index contributed by atoms with van der Waals surface area (Å²) in [6.07, 6.45) is 1.05. The van der Waals surface area contributed by atoms with E-state index in [2.05, 4.69) is 41.5 Å². The van der Waals surface area contributed by atoms with Crippen LogP contribution in [0.1, 0.15) is 12.5 Å². The van der Waals surface area contributed by atoms with Crippen molar-refractivity contribution in [2.24, 2.45) is 4.99 Å². The van der Waals surface area contributed by atoms with E-state index in [1.54, 1.807) is 11.8 Å². The van der Waals surface area contributed by atoms with Gasteiger partial charge in [-0.1, -0.05) is 49.0 Å². The van der Waals surface area contributed by atoms with Gasteiger partial charge in [-0.25, -0.2) is 0 Å². The summed E-state index contributed by atoms with van der Waals surface area (Å²) in [5, 5.41) is 4.37. The Morgan fingerprint density at radius 1 is 1.31 bits per heavy atom. The molecule has 0 heterocycles. The summed E-state index contributed by atoms with van der Waals surface area (Å²) in [4.78, 5) is 4.18. The Balaban J connectivity index is 0.00000225. The molecule has 0 bridgehead atoms. The minimum atomic E-state index is 0. The molecular formula is C12H19IN2S. The van der Waals surface area contributed by atoms with E-state index in [-0.39, 0.29) is 24.0 Å².